The summed E-state index contributed by atoms with van der Waals surface area (Å²) in [5, 5.41) is 3.43. The van der Waals surface area contributed by atoms with Gasteiger partial charge in [-0.15, -0.1) is 0 Å². The van der Waals surface area contributed by atoms with Gasteiger partial charge in [-0.3, -0.25) is 0 Å². The predicted octanol–water partition coefficient (Wildman–Crippen LogP) is 3.17. The minimum absolute atomic E-state index is 0.143. The van der Waals surface area contributed by atoms with Crippen LogP contribution in [0.2, 0.25) is 0 Å². The van der Waals surface area contributed by atoms with Gasteiger partial charge in [0.25, 0.3) is 0 Å². The van der Waals surface area contributed by atoms with E-state index in [9.17, 15) is 0 Å². The Hall–Kier alpha value is -0.900. The summed E-state index contributed by atoms with van der Waals surface area (Å²) < 4.78 is 11.1. The Balaban J connectivity index is 2.27. The van der Waals surface area contributed by atoms with Crippen LogP contribution in [-0.2, 0) is 22.5 Å². The molecule has 1 atom stereocenters. The summed E-state index contributed by atoms with van der Waals surface area (Å²) >= 11 is 0. The van der Waals surface area contributed by atoms with Crippen molar-refractivity contribution in [2.45, 2.75) is 52.9 Å². The first-order valence-corrected chi connectivity index (χ1v) is 7.62. The van der Waals surface area contributed by atoms with Crippen LogP contribution in [0.4, 0.5) is 0 Å². The van der Waals surface area contributed by atoms with Crippen molar-refractivity contribution in [1.29, 1.82) is 0 Å². The quantitative estimate of drug-likeness (QED) is 0.713. The van der Waals surface area contributed by atoms with E-state index in [0.29, 0.717) is 19.3 Å². The molecule has 20 heavy (non-hydrogen) atoms. The molecule has 1 aromatic carbocycles. The largest absolute Gasteiger partial charge is 0.379 e. The fourth-order valence-electron chi connectivity index (χ4n) is 1.88. The minimum atomic E-state index is 0.143. The Morgan fingerprint density at radius 1 is 1.05 bits per heavy atom. The zero-order valence-electron chi connectivity index (χ0n) is 13.3. The molecule has 1 unspecified atom stereocenters. The molecule has 1 rings (SSSR count). The van der Waals surface area contributed by atoms with Gasteiger partial charge in [-0.25, -0.2) is 0 Å². The van der Waals surface area contributed by atoms with Gasteiger partial charge in [0.15, 0.2) is 0 Å². The maximum absolute atomic E-state index is 5.75. The van der Waals surface area contributed by atoms with Gasteiger partial charge in [-0.05, 0) is 37.9 Å². The van der Waals surface area contributed by atoms with Gasteiger partial charge in [-0.1, -0.05) is 38.1 Å². The highest BCUT2D eigenvalue weighted by atomic mass is 16.5. The van der Waals surface area contributed by atoms with Crippen LogP contribution in [0.3, 0.4) is 0 Å². The van der Waals surface area contributed by atoms with E-state index in [1.807, 2.05) is 13.8 Å². The average Bonchev–Trinajstić information content (AvgIpc) is 2.44. The Labute approximate surface area is 123 Å². The normalized spacial score (nSPS) is 12.8. The summed E-state index contributed by atoms with van der Waals surface area (Å²) in [5.74, 6) is 0. The maximum Gasteiger partial charge on any atom is 0.0785 e. The van der Waals surface area contributed by atoms with Gasteiger partial charge in [0.05, 0.1) is 19.3 Å². The van der Waals surface area contributed by atoms with Crippen molar-refractivity contribution in [2.24, 2.45) is 0 Å². The zero-order chi connectivity index (χ0) is 14.8. The van der Waals surface area contributed by atoms with Crippen LogP contribution >= 0.6 is 0 Å². The minimum Gasteiger partial charge on any atom is -0.379 e. The fourth-order valence-corrected chi connectivity index (χ4v) is 1.88. The van der Waals surface area contributed by atoms with Crippen LogP contribution < -0.4 is 5.32 Å². The molecule has 0 amide bonds. The van der Waals surface area contributed by atoms with E-state index in [1.54, 1.807) is 0 Å². The fraction of sp³-hybridized carbons (Fsp3) is 0.647. The highest BCUT2D eigenvalue weighted by molar-refractivity contribution is 5.22. The molecular formula is C17H29NO2. The maximum atomic E-state index is 5.75. The molecule has 0 bridgehead atoms. The summed E-state index contributed by atoms with van der Waals surface area (Å²) in [5.41, 5.74) is 2.58. The van der Waals surface area contributed by atoms with Crippen molar-refractivity contribution in [3.8, 4) is 0 Å². The van der Waals surface area contributed by atoms with Crippen LogP contribution in [0.1, 0.15) is 38.8 Å². The number of hydrogen-bond donors (Lipinski definition) is 1. The van der Waals surface area contributed by atoms with E-state index in [4.69, 9.17) is 9.47 Å². The third kappa shape index (κ3) is 7.63. The van der Waals surface area contributed by atoms with E-state index < -0.39 is 0 Å². The summed E-state index contributed by atoms with van der Waals surface area (Å²) in [7, 11) is 0. The Bertz CT molecular complexity index is 349. The number of rotatable bonds is 10. The van der Waals surface area contributed by atoms with Crippen molar-refractivity contribution in [2.75, 3.05) is 19.8 Å². The lowest BCUT2D eigenvalue weighted by atomic mass is 10.1. The second-order valence-electron chi connectivity index (χ2n) is 5.46. The summed E-state index contributed by atoms with van der Waals surface area (Å²) in [6.45, 7) is 11.5. The molecule has 0 saturated heterocycles. The number of nitrogens with one attached hydrogen (secondary N) is 1. The van der Waals surface area contributed by atoms with Crippen molar-refractivity contribution in [3.63, 3.8) is 0 Å². The molecule has 0 spiro atoms. The molecule has 3 nitrogen and oxygen atoms in total. The van der Waals surface area contributed by atoms with Gasteiger partial charge in [0.1, 0.15) is 0 Å². The van der Waals surface area contributed by atoms with E-state index in [1.165, 1.54) is 11.1 Å². The Morgan fingerprint density at radius 2 is 1.70 bits per heavy atom. The molecule has 0 fully saturated rings. The molecule has 0 aliphatic heterocycles. The zero-order valence-corrected chi connectivity index (χ0v) is 13.3. The van der Waals surface area contributed by atoms with E-state index >= 15 is 0 Å². The number of benzene rings is 1. The summed E-state index contributed by atoms with van der Waals surface area (Å²) in [6, 6.07) is 9.23. The van der Waals surface area contributed by atoms with Crippen LogP contribution in [0.5, 0.6) is 0 Å². The van der Waals surface area contributed by atoms with Crippen molar-refractivity contribution in [3.05, 3.63) is 35.4 Å². The molecule has 114 valence electrons. The SMILES string of the molecule is CCOCC(C)OCc1ccc(CCNC(C)C)cc1. The summed E-state index contributed by atoms with van der Waals surface area (Å²) in [6.07, 6.45) is 1.21. The highest BCUT2D eigenvalue weighted by Crippen LogP contribution is 2.08. The summed E-state index contributed by atoms with van der Waals surface area (Å²) in [4.78, 5) is 0. The van der Waals surface area contributed by atoms with Crippen LogP contribution in [-0.4, -0.2) is 31.9 Å². The lowest BCUT2D eigenvalue weighted by Crippen LogP contribution is -2.24. The van der Waals surface area contributed by atoms with E-state index in [-0.39, 0.29) is 6.10 Å². The third-order valence-electron chi connectivity index (χ3n) is 3.08. The van der Waals surface area contributed by atoms with Crippen molar-refractivity contribution in [1.82, 2.24) is 5.32 Å². The molecule has 0 aliphatic carbocycles. The Morgan fingerprint density at radius 3 is 2.30 bits per heavy atom. The second-order valence-corrected chi connectivity index (χ2v) is 5.46. The third-order valence-corrected chi connectivity index (χ3v) is 3.08. The predicted molar refractivity (Wildman–Crippen MR) is 84.0 cm³/mol. The lowest BCUT2D eigenvalue weighted by Gasteiger charge is -2.13. The number of ether oxygens (including phenoxy) is 2. The van der Waals surface area contributed by atoms with Gasteiger partial charge >= 0.3 is 0 Å². The molecule has 0 saturated carbocycles. The number of hydrogen-bond acceptors (Lipinski definition) is 3. The van der Waals surface area contributed by atoms with Gasteiger partial charge < -0.3 is 14.8 Å². The molecule has 0 aromatic heterocycles. The first kappa shape index (κ1) is 17.2. The lowest BCUT2D eigenvalue weighted by molar-refractivity contribution is -0.0116. The molecule has 0 heterocycles. The van der Waals surface area contributed by atoms with Crippen LogP contribution in [0, 0.1) is 0 Å². The standard InChI is InChI=1S/C17H29NO2/c1-5-19-12-15(4)20-13-17-8-6-16(7-9-17)10-11-18-14(2)3/h6-9,14-15,18H,5,10-13H2,1-4H3. The Kier molecular flexibility index (Phi) is 8.51. The second kappa shape index (κ2) is 9.92. The van der Waals surface area contributed by atoms with Crippen molar-refractivity contribution < 1.29 is 9.47 Å². The topological polar surface area (TPSA) is 30.5 Å². The van der Waals surface area contributed by atoms with E-state index in [0.717, 1.165) is 19.6 Å². The molecule has 1 aromatic rings. The molecular weight excluding hydrogens is 250 g/mol. The molecule has 1 N–H and O–H groups in total. The van der Waals surface area contributed by atoms with Crippen molar-refractivity contribution >= 4 is 0 Å². The molecule has 0 aliphatic rings. The van der Waals surface area contributed by atoms with Gasteiger partial charge in [0.2, 0.25) is 0 Å². The smallest absolute Gasteiger partial charge is 0.0785 e. The first-order valence-electron chi connectivity index (χ1n) is 7.62. The van der Waals surface area contributed by atoms with Gasteiger partial charge in [-0.2, -0.15) is 0 Å². The first-order chi connectivity index (χ1) is 9.61. The average molecular weight is 279 g/mol. The molecule has 3 heteroatoms. The van der Waals surface area contributed by atoms with E-state index in [2.05, 4.69) is 43.4 Å². The molecule has 0 radical (unpaired) electrons. The van der Waals surface area contributed by atoms with Gasteiger partial charge in [0, 0.05) is 12.6 Å². The van der Waals surface area contributed by atoms with Crippen LogP contribution in [0.15, 0.2) is 24.3 Å². The monoisotopic (exact) mass is 279 g/mol. The van der Waals surface area contributed by atoms with Crippen LogP contribution in [0.25, 0.3) is 0 Å². The highest BCUT2D eigenvalue weighted by Gasteiger charge is 2.02.